The molecule has 6 nitrogen and oxygen atoms in total. The van der Waals surface area contributed by atoms with E-state index in [1.807, 2.05) is 36.4 Å². The quantitative estimate of drug-likeness (QED) is 0.670. The van der Waals surface area contributed by atoms with Crippen LogP contribution in [-0.2, 0) is 11.3 Å². The van der Waals surface area contributed by atoms with Gasteiger partial charge in [-0.3, -0.25) is 19.8 Å². The second kappa shape index (κ2) is 7.03. The summed E-state index contributed by atoms with van der Waals surface area (Å²) in [5.41, 5.74) is 8.35. The Balaban J connectivity index is 1.79. The van der Waals surface area contributed by atoms with Crippen LogP contribution in [-0.4, -0.2) is 28.8 Å². The Morgan fingerprint density at radius 3 is 2.60 bits per heavy atom. The van der Waals surface area contributed by atoms with Crippen LogP contribution < -0.4 is 5.73 Å². The second-order valence-electron chi connectivity index (χ2n) is 6.60. The van der Waals surface area contributed by atoms with Gasteiger partial charge in [-0.1, -0.05) is 42.5 Å². The number of hydrogen-bond donors (Lipinski definition) is 1. The SMILES string of the molecule is Cc1ccc(CN2C[C@H](C(N)=O)[C@@H](c3ccccc3)C2)cc1[N+](=O)[O-]. The summed E-state index contributed by atoms with van der Waals surface area (Å²) in [6.07, 6.45) is 0. The molecule has 2 atom stereocenters. The van der Waals surface area contributed by atoms with Crippen LogP contribution in [0.3, 0.4) is 0 Å². The van der Waals surface area contributed by atoms with Crippen molar-refractivity contribution in [3.63, 3.8) is 0 Å². The summed E-state index contributed by atoms with van der Waals surface area (Å²) >= 11 is 0. The zero-order chi connectivity index (χ0) is 18.0. The molecule has 1 fully saturated rings. The van der Waals surface area contributed by atoms with Gasteiger partial charge in [0, 0.05) is 37.2 Å². The maximum Gasteiger partial charge on any atom is 0.272 e. The first kappa shape index (κ1) is 17.1. The first-order valence-corrected chi connectivity index (χ1v) is 8.26. The van der Waals surface area contributed by atoms with Crippen molar-refractivity contribution in [3.8, 4) is 0 Å². The van der Waals surface area contributed by atoms with E-state index in [4.69, 9.17) is 5.73 Å². The molecule has 0 bridgehead atoms. The first-order valence-electron chi connectivity index (χ1n) is 8.26. The van der Waals surface area contributed by atoms with E-state index in [1.54, 1.807) is 19.1 Å². The summed E-state index contributed by atoms with van der Waals surface area (Å²) in [6, 6.07) is 15.2. The van der Waals surface area contributed by atoms with Crippen LogP contribution >= 0.6 is 0 Å². The average molecular weight is 339 g/mol. The topological polar surface area (TPSA) is 89.5 Å². The van der Waals surface area contributed by atoms with E-state index in [1.165, 1.54) is 0 Å². The smallest absolute Gasteiger partial charge is 0.272 e. The molecule has 0 aromatic heterocycles. The van der Waals surface area contributed by atoms with Gasteiger partial charge in [-0.15, -0.1) is 0 Å². The molecule has 0 saturated carbocycles. The fourth-order valence-electron chi connectivity index (χ4n) is 3.55. The van der Waals surface area contributed by atoms with Crippen molar-refractivity contribution in [2.24, 2.45) is 11.7 Å². The van der Waals surface area contributed by atoms with Crippen molar-refractivity contribution in [2.75, 3.05) is 13.1 Å². The molecule has 1 saturated heterocycles. The molecule has 0 unspecified atom stereocenters. The number of nitrogens with two attached hydrogens (primary N) is 1. The number of nitro groups is 1. The van der Waals surface area contributed by atoms with E-state index in [0.717, 1.165) is 11.1 Å². The van der Waals surface area contributed by atoms with Crippen LogP contribution in [0.25, 0.3) is 0 Å². The zero-order valence-corrected chi connectivity index (χ0v) is 14.1. The Labute approximate surface area is 146 Å². The van der Waals surface area contributed by atoms with Gasteiger partial charge in [-0.2, -0.15) is 0 Å². The number of nitro benzene ring substituents is 1. The highest BCUT2D eigenvalue weighted by Gasteiger charge is 2.37. The van der Waals surface area contributed by atoms with Crippen molar-refractivity contribution in [1.82, 2.24) is 4.90 Å². The van der Waals surface area contributed by atoms with Gasteiger partial charge in [0.2, 0.25) is 5.91 Å². The van der Waals surface area contributed by atoms with E-state index >= 15 is 0 Å². The number of rotatable bonds is 5. The summed E-state index contributed by atoms with van der Waals surface area (Å²) in [5, 5.41) is 11.1. The Bertz CT molecular complexity index is 792. The number of nitrogens with zero attached hydrogens (tertiary/aromatic N) is 2. The molecule has 0 spiro atoms. The molecule has 0 radical (unpaired) electrons. The summed E-state index contributed by atoms with van der Waals surface area (Å²) < 4.78 is 0. The summed E-state index contributed by atoms with van der Waals surface area (Å²) in [6.45, 7) is 3.57. The lowest BCUT2D eigenvalue weighted by atomic mass is 9.89. The minimum atomic E-state index is -0.359. The maximum atomic E-state index is 11.9. The van der Waals surface area contributed by atoms with Gasteiger partial charge >= 0.3 is 0 Å². The zero-order valence-electron chi connectivity index (χ0n) is 14.1. The van der Waals surface area contributed by atoms with Gasteiger partial charge in [-0.05, 0) is 18.1 Å². The predicted octanol–water partition coefficient (Wildman–Crippen LogP) is 2.60. The van der Waals surface area contributed by atoms with Crippen LogP contribution in [0.5, 0.6) is 0 Å². The highest BCUT2D eigenvalue weighted by Crippen LogP contribution is 2.33. The Morgan fingerprint density at radius 1 is 1.24 bits per heavy atom. The van der Waals surface area contributed by atoms with Crippen molar-refractivity contribution >= 4 is 11.6 Å². The molecule has 1 heterocycles. The van der Waals surface area contributed by atoms with Gasteiger partial charge in [0.25, 0.3) is 5.69 Å². The lowest BCUT2D eigenvalue weighted by Gasteiger charge is -2.16. The summed E-state index contributed by atoms with van der Waals surface area (Å²) in [5.74, 6) is -0.492. The largest absolute Gasteiger partial charge is 0.369 e. The predicted molar refractivity (Wildman–Crippen MR) is 95.0 cm³/mol. The van der Waals surface area contributed by atoms with Crippen LogP contribution in [0.4, 0.5) is 5.69 Å². The van der Waals surface area contributed by atoms with E-state index in [-0.39, 0.29) is 28.4 Å². The molecule has 130 valence electrons. The maximum absolute atomic E-state index is 11.9. The number of amides is 1. The van der Waals surface area contributed by atoms with E-state index in [2.05, 4.69) is 4.90 Å². The monoisotopic (exact) mass is 339 g/mol. The van der Waals surface area contributed by atoms with Gasteiger partial charge in [-0.25, -0.2) is 0 Å². The second-order valence-corrected chi connectivity index (χ2v) is 6.60. The van der Waals surface area contributed by atoms with Crippen molar-refractivity contribution < 1.29 is 9.72 Å². The number of carbonyl (C=O) groups excluding carboxylic acids is 1. The minimum absolute atomic E-state index is 0.0548. The number of carbonyl (C=O) groups is 1. The van der Waals surface area contributed by atoms with E-state index in [0.29, 0.717) is 25.2 Å². The highest BCUT2D eigenvalue weighted by molar-refractivity contribution is 5.78. The number of likely N-dealkylation sites (tertiary alicyclic amines) is 1. The molecule has 2 aromatic carbocycles. The third kappa shape index (κ3) is 3.69. The molecule has 1 aliphatic rings. The number of hydrogen-bond acceptors (Lipinski definition) is 4. The molecular weight excluding hydrogens is 318 g/mol. The first-order chi connectivity index (χ1) is 12.0. The van der Waals surface area contributed by atoms with Crippen LogP contribution in [0.15, 0.2) is 48.5 Å². The number of aryl methyl sites for hydroxylation is 1. The third-order valence-corrected chi connectivity index (χ3v) is 4.87. The molecule has 2 N–H and O–H groups in total. The highest BCUT2D eigenvalue weighted by atomic mass is 16.6. The molecule has 6 heteroatoms. The van der Waals surface area contributed by atoms with Crippen LogP contribution in [0.1, 0.15) is 22.6 Å². The number of primary amides is 1. The summed E-state index contributed by atoms with van der Waals surface area (Å²) in [4.78, 5) is 24.8. The van der Waals surface area contributed by atoms with Crippen molar-refractivity contribution in [3.05, 3.63) is 75.3 Å². The molecule has 25 heavy (non-hydrogen) atoms. The van der Waals surface area contributed by atoms with Crippen molar-refractivity contribution in [1.29, 1.82) is 0 Å². The Morgan fingerprint density at radius 2 is 1.96 bits per heavy atom. The average Bonchev–Trinajstić information content (AvgIpc) is 3.01. The van der Waals surface area contributed by atoms with Crippen molar-refractivity contribution in [2.45, 2.75) is 19.4 Å². The van der Waals surface area contributed by atoms with Gasteiger partial charge in [0.15, 0.2) is 0 Å². The fourth-order valence-corrected chi connectivity index (χ4v) is 3.55. The molecule has 1 amide bonds. The number of benzene rings is 2. The third-order valence-electron chi connectivity index (χ3n) is 4.87. The fraction of sp³-hybridized carbons (Fsp3) is 0.316. The van der Waals surface area contributed by atoms with Gasteiger partial charge < -0.3 is 5.73 Å². The van der Waals surface area contributed by atoms with Gasteiger partial charge in [0.05, 0.1) is 10.8 Å². The van der Waals surface area contributed by atoms with Crippen LogP contribution in [0.2, 0.25) is 0 Å². The standard InChI is InChI=1S/C19H21N3O3/c1-13-7-8-14(9-18(13)22(24)25)10-21-11-16(17(12-21)19(20)23)15-5-3-2-4-6-15/h2-9,16-17H,10-12H2,1H3,(H2,20,23)/t16-,17+/m1/s1. The van der Waals surface area contributed by atoms with E-state index in [9.17, 15) is 14.9 Å². The van der Waals surface area contributed by atoms with Crippen LogP contribution in [0, 0.1) is 23.0 Å². The molecule has 2 aromatic rings. The lowest BCUT2D eigenvalue weighted by molar-refractivity contribution is -0.385. The summed E-state index contributed by atoms with van der Waals surface area (Å²) in [7, 11) is 0. The van der Waals surface area contributed by atoms with E-state index < -0.39 is 0 Å². The normalized spacial score (nSPS) is 20.5. The minimum Gasteiger partial charge on any atom is -0.369 e. The lowest BCUT2D eigenvalue weighted by Crippen LogP contribution is -2.29. The molecule has 3 rings (SSSR count). The Hall–Kier alpha value is -2.73. The molecular formula is C19H21N3O3. The molecule has 1 aliphatic heterocycles. The Kier molecular flexibility index (Phi) is 4.81. The molecule has 0 aliphatic carbocycles. The van der Waals surface area contributed by atoms with Gasteiger partial charge in [0.1, 0.15) is 0 Å².